The molecule has 2 saturated heterocycles. The van der Waals surface area contributed by atoms with Gasteiger partial charge in [-0.2, -0.15) is 13.2 Å². The molecular formula is C28H33F3N6O4. The fourth-order valence-electron chi connectivity index (χ4n) is 4.76. The molecule has 2 heterocycles. The lowest BCUT2D eigenvalue weighted by Gasteiger charge is -2.35. The molecule has 3 N–H and O–H groups in total. The lowest BCUT2D eigenvalue weighted by atomic mass is 10.1. The third-order valence-electron chi connectivity index (χ3n) is 7.08. The van der Waals surface area contributed by atoms with Crippen LogP contribution in [0.15, 0.2) is 48.5 Å². The van der Waals surface area contributed by atoms with E-state index >= 15 is 0 Å². The number of hydrogen-bond acceptors (Lipinski definition) is 5. The van der Waals surface area contributed by atoms with Crippen LogP contribution in [0.3, 0.4) is 0 Å². The number of amides is 5. The summed E-state index contributed by atoms with van der Waals surface area (Å²) in [6.07, 6.45) is -3.95. The zero-order chi connectivity index (χ0) is 29.6. The molecule has 0 saturated carbocycles. The number of carbonyl (C=O) groups excluding carboxylic acids is 4. The zero-order valence-corrected chi connectivity index (χ0v) is 22.7. The van der Waals surface area contributed by atoms with Crippen LogP contribution in [0.1, 0.15) is 27.9 Å². The number of nitrogens with one attached hydrogen (secondary N) is 3. The Balaban J connectivity index is 1.14. The molecule has 220 valence electrons. The normalized spacial score (nSPS) is 17.7. The second kappa shape index (κ2) is 13.0. The van der Waals surface area contributed by atoms with Crippen LogP contribution in [0.2, 0.25) is 0 Å². The number of piperazine rings is 1. The maximum atomic E-state index is 12.9. The Labute approximate surface area is 235 Å². The molecule has 0 aliphatic carbocycles. The van der Waals surface area contributed by atoms with Gasteiger partial charge in [-0.3, -0.25) is 19.3 Å². The van der Waals surface area contributed by atoms with Gasteiger partial charge >= 0.3 is 12.2 Å². The second-order valence-electron chi connectivity index (χ2n) is 10.2. The van der Waals surface area contributed by atoms with Crippen LogP contribution in [-0.2, 0) is 15.8 Å². The van der Waals surface area contributed by atoms with E-state index in [4.69, 9.17) is 0 Å². The number of benzene rings is 2. The van der Waals surface area contributed by atoms with Gasteiger partial charge in [0.15, 0.2) is 0 Å². The highest BCUT2D eigenvalue weighted by Crippen LogP contribution is 2.29. The minimum Gasteiger partial charge on any atom is -0.350 e. The summed E-state index contributed by atoms with van der Waals surface area (Å²) in [6, 6.07) is 11.1. The fourth-order valence-corrected chi connectivity index (χ4v) is 4.76. The summed E-state index contributed by atoms with van der Waals surface area (Å²) in [5.74, 6) is -1.30. The number of likely N-dealkylation sites (tertiary alicyclic amines) is 1. The Kier molecular flexibility index (Phi) is 9.48. The number of hydrogen-bond donors (Lipinski definition) is 3. The predicted molar refractivity (Wildman–Crippen MR) is 145 cm³/mol. The number of aryl methyl sites for hydroxylation is 1. The van der Waals surface area contributed by atoms with Crippen LogP contribution in [0, 0.1) is 6.92 Å². The lowest BCUT2D eigenvalue weighted by molar-refractivity contribution is -0.137. The first-order valence-electron chi connectivity index (χ1n) is 13.4. The van der Waals surface area contributed by atoms with Crippen molar-refractivity contribution >= 4 is 29.4 Å². The summed E-state index contributed by atoms with van der Waals surface area (Å²) < 4.78 is 38.6. The van der Waals surface area contributed by atoms with Gasteiger partial charge in [-0.25, -0.2) is 4.79 Å². The zero-order valence-electron chi connectivity index (χ0n) is 22.7. The third kappa shape index (κ3) is 8.43. The van der Waals surface area contributed by atoms with Crippen LogP contribution < -0.4 is 16.0 Å². The Morgan fingerprint density at radius 3 is 2.29 bits per heavy atom. The minimum atomic E-state index is -4.57. The average Bonchev–Trinajstić information content (AvgIpc) is 3.38. The van der Waals surface area contributed by atoms with Gasteiger partial charge in [0, 0.05) is 56.6 Å². The second-order valence-corrected chi connectivity index (χ2v) is 10.2. The summed E-state index contributed by atoms with van der Waals surface area (Å²) >= 11 is 0. The molecule has 13 heteroatoms. The summed E-state index contributed by atoms with van der Waals surface area (Å²) in [6.45, 7) is 4.55. The van der Waals surface area contributed by atoms with Crippen molar-refractivity contribution in [3.63, 3.8) is 0 Å². The van der Waals surface area contributed by atoms with Gasteiger partial charge in [0.1, 0.15) is 0 Å². The Morgan fingerprint density at radius 2 is 1.61 bits per heavy atom. The maximum Gasteiger partial charge on any atom is 0.416 e. The molecule has 0 unspecified atom stereocenters. The van der Waals surface area contributed by atoms with Crippen molar-refractivity contribution in [1.29, 1.82) is 0 Å². The number of halogens is 3. The molecule has 0 spiro atoms. The molecule has 10 nitrogen and oxygen atoms in total. The van der Waals surface area contributed by atoms with E-state index in [1.54, 1.807) is 9.80 Å². The number of alkyl halides is 3. The average molecular weight is 575 g/mol. The standard InChI is InChI=1S/C28H33F3N6O4/c1-19-5-7-22(8-6-19)34-27(41)37-13-11-36(12-14-37)25(39)18-35-10-9-23(17-35)33-24(38)16-32-26(40)20-3-2-4-21(15-20)28(29,30)31/h2-8,15,23H,9-14,16-18H2,1H3,(H,32,40)(H,33,38)(H,34,41)/t23-/m1/s1. The van der Waals surface area contributed by atoms with Gasteiger partial charge < -0.3 is 25.8 Å². The smallest absolute Gasteiger partial charge is 0.350 e. The van der Waals surface area contributed by atoms with Crippen molar-refractivity contribution in [2.45, 2.75) is 25.6 Å². The molecule has 4 rings (SSSR count). The topological polar surface area (TPSA) is 114 Å². The fraction of sp³-hybridized carbons (Fsp3) is 0.429. The van der Waals surface area contributed by atoms with E-state index in [0.717, 1.165) is 23.8 Å². The van der Waals surface area contributed by atoms with E-state index in [2.05, 4.69) is 16.0 Å². The maximum absolute atomic E-state index is 12.9. The van der Waals surface area contributed by atoms with Crippen LogP contribution in [0.5, 0.6) is 0 Å². The number of nitrogens with zero attached hydrogens (tertiary/aromatic N) is 3. The first-order valence-corrected chi connectivity index (χ1v) is 13.4. The van der Waals surface area contributed by atoms with Crippen LogP contribution in [0.25, 0.3) is 0 Å². The summed E-state index contributed by atoms with van der Waals surface area (Å²) in [5, 5.41) is 8.00. The molecule has 41 heavy (non-hydrogen) atoms. The van der Waals surface area contributed by atoms with Crippen LogP contribution in [0.4, 0.5) is 23.7 Å². The first-order chi connectivity index (χ1) is 19.5. The molecule has 0 radical (unpaired) electrons. The molecule has 1 atom stereocenters. The van der Waals surface area contributed by atoms with Crippen molar-refractivity contribution in [3.05, 3.63) is 65.2 Å². The highest BCUT2D eigenvalue weighted by Gasteiger charge is 2.31. The Bertz CT molecular complexity index is 1260. The number of carbonyl (C=O) groups is 4. The largest absolute Gasteiger partial charge is 0.416 e. The molecule has 0 bridgehead atoms. The van der Waals surface area contributed by atoms with E-state index in [9.17, 15) is 32.3 Å². The van der Waals surface area contributed by atoms with E-state index in [1.165, 1.54) is 6.07 Å². The van der Waals surface area contributed by atoms with E-state index < -0.39 is 23.6 Å². The highest BCUT2D eigenvalue weighted by atomic mass is 19.4. The summed E-state index contributed by atoms with van der Waals surface area (Å²) in [5.41, 5.74) is 0.683. The molecule has 2 aliphatic heterocycles. The molecule has 5 amide bonds. The van der Waals surface area contributed by atoms with Gasteiger partial charge in [0.25, 0.3) is 5.91 Å². The molecule has 2 fully saturated rings. The molecular weight excluding hydrogens is 541 g/mol. The summed E-state index contributed by atoms with van der Waals surface area (Å²) in [4.78, 5) is 55.2. The van der Waals surface area contributed by atoms with Crippen LogP contribution in [-0.4, -0.2) is 96.9 Å². The van der Waals surface area contributed by atoms with Gasteiger partial charge in [0.05, 0.1) is 18.7 Å². The van der Waals surface area contributed by atoms with Crippen molar-refractivity contribution < 1.29 is 32.3 Å². The van der Waals surface area contributed by atoms with Gasteiger partial charge in [0.2, 0.25) is 11.8 Å². The predicted octanol–water partition coefficient (Wildman–Crippen LogP) is 2.31. The monoisotopic (exact) mass is 574 g/mol. The van der Waals surface area contributed by atoms with Crippen LogP contribution >= 0.6 is 0 Å². The summed E-state index contributed by atoms with van der Waals surface area (Å²) in [7, 11) is 0. The number of anilines is 1. The Hall–Kier alpha value is -4.13. The van der Waals surface area contributed by atoms with E-state index in [-0.39, 0.29) is 36.6 Å². The lowest BCUT2D eigenvalue weighted by Crippen LogP contribution is -2.53. The van der Waals surface area contributed by atoms with Crippen molar-refractivity contribution in [2.75, 3.05) is 57.7 Å². The van der Waals surface area contributed by atoms with Gasteiger partial charge in [-0.15, -0.1) is 0 Å². The molecule has 2 aromatic carbocycles. The van der Waals surface area contributed by atoms with E-state index in [1.807, 2.05) is 36.1 Å². The highest BCUT2D eigenvalue weighted by molar-refractivity contribution is 5.96. The van der Waals surface area contributed by atoms with Crippen molar-refractivity contribution in [2.24, 2.45) is 0 Å². The van der Waals surface area contributed by atoms with Crippen molar-refractivity contribution in [3.8, 4) is 0 Å². The number of rotatable bonds is 7. The SMILES string of the molecule is Cc1ccc(NC(=O)N2CCN(C(=O)CN3CC[C@@H](NC(=O)CNC(=O)c4cccc(C(F)(F)F)c4)C3)CC2)cc1. The molecule has 0 aromatic heterocycles. The molecule has 2 aromatic rings. The third-order valence-corrected chi connectivity index (χ3v) is 7.08. The van der Waals surface area contributed by atoms with E-state index in [0.29, 0.717) is 51.4 Å². The number of urea groups is 1. The first kappa shape index (κ1) is 29.8. The molecule has 2 aliphatic rings. The van der Waals surface area contributed by atoms with Gasteiger partial charge in [-0.05, 0) is 43.7 Å². The minimum absolute atomic E-state index is 0.0519. The van der Waals surface area contributed by atoms with Crippen molar-refractivity contribution in [1.82, 2.24) is 25.3 Å². The van der Waals surface area contributed by atoms with Gasteiger partial charge in [-0.1, -0.05) is 23.8 Å². The quantitative estimate of drug-likeness (QED) is 0.470. The Morgan fingerprint density at radius 1 is 0.927 bits per heavy atom.